The van der Waals surface area contributed by atoms with Gasteiger partial charge in [-0.2, -0.15) is 0 Å². The van der Waals surface area contributed by atoms with Crippen molar-refractivity contribution in [2.75, 3.05) is 25.0 Å². The van der Waals surface area contributed by atoms with Crippen LogP contribution in [0.4, 0.5) is 5.69 Å². The second-order valence-corrected chi connectivity index (χ2v) is 8.69. The van der Waals surface area contributed by atoms with E-state index in [4.69, 9.17) is 0 Å². The highest BCUT2D eigenvalue weighted by molar-refractivity contribution is 5.80. The van der Waals surface area contributed by atoms with E-state index >= 15 is 0 Å². The zero-order valence-corrected chi connectivity index (χ0v) is 18.2. The van der Waals surface area contributed by atoms with Crippen molar-refractivity contribution in [2.24, 2.45) is 5.92 Å². The molecule has 2 amide bonds. The Kier molecular flexibility index (Phi) is 7.96. The zero-order valence-electron chi connectivity index (χ0n) is 18.2. The topological polar surface area (TPSA) is 52.7 Å². The van der Waals surface area contributed by atoms with Gasteiger partial charge in [-0.05, 0) is 49.8 Å². The standard InChI is InChI=1S/C24H37N3O2/c1-3-7-23(28)27-16-14-20(15-17-27)24(29)25-18-19-10-12-22(13-11-19)26(2)21-8-5-4-6-9-21/h10-13,20-21H,3-9,14-18H2,1-2H3,(H,25,29). The number of nitrogens with zero attached hydrogens (tertiary/aromatic N) is 2. The summed E-state index contributed by atoms with van der Waals surface area (Å²) in [5.74, 6) is 0.373. The lowest BCUT2D eigenvalue weighted by Gasteiger charge is -2.33. The molecule has 5 nitrogen and oxygen atoms in total. The fourth-order valence-electron chi connectivity index (χ4n) is 4.62. The van der Waals surface area contributed by atoms with E-state index in [0.29, 0.717) is 32.1 Å². The number of piperidine rings is 1. The Labute approximate surface area is 175 Å². The van der Waals surface area contributed by atoms with E-state index in [1.807, 2.05) is 11.8 Å². The van der Waals surface area contributed by atoms with E-state index in [1.54, 1.807) is 0 Å². The molecule has 2 aliphatic rings. The highest BCUT2D eigenvalue weighted by Gasteiger charge is 2.26. The van der Waals surface area contributed by atoms with Crippen LogP contribution in [-0.2, 0) is 16.1 Å². The first-order valence-corrected chi connectivity index (χ1v) is 11.5. The van der Waals surface area contributed by atoms with Gasteiger partial charge in [-0.1, -0.05) is 38.3 Å². The summed E-state index contributed by atoms with van der Waals surface area (Å²) in [6, 6.07) is 9.26. The van der Waals surface area contributed by atoms with Gasteiger partial charge in [0.25, 0.3) is 0 Å². The number of amides is 2. The molecule has 1 saturated carbocycles. The maximum absolute atomic E-state index is 12.5. The van der Waals surface area contributed by atoms with E-state index < -0.39 is 0 Å². The van der Waals surface area contributed by atoms with Crippen LogP contribution in [0.1, 0.15) is 70.3 Å². The molecule has 2 fully saturated rings. The Bertz CT molecular complexity index is 659. The largest absolute Gasteiger partial charge is 0.372 e. The average Bonchev–Trinajstić information content (AvgIpc) is 2.78. The SMILES string of the molecule is CCCC(=O)N1CCC(C(=O)NCc2ccc(N(C)C3CCCCC3)cc2)CC1. The van der Waals surface area contributed by atoms with Crippen molar-refractivity contribution in [3.63, 3.8) is 0 Å². The van der Waals surface area contributed by atoms with E-state index in [-0.39, 0.29) is 17.7 Å². The van der Waals surface area contributed by atoms with Crippen LogP contribution in [0.5, 0.6) is 0 Å². The first-order chi connectivity index (χ1) is 14.1. The predicted molar refractivity (Wildman–Crippen MR) is 118 cm³/mol. The molecule has 1 saturated heterocycles. The summed E-state index contributed by atoms with van der Waals surface area (Å²) in [4.78, 5) is 28.8. The second-order valence-electron chi connectivity index (χ2n) is 8.69. The normalized spacial score (nSPS) is 18.5. The predicted octanol–water partition coefficient (Wildman–Crippen LogP) is 4.11. The third kappa shape index (κ3) is 5.97. The van der Waals surface area contributed by atoms with E-state index in [9.17, 15) is 9.59 Å². The minimum absolute atomic E-state index is 0.0254. The highest BCUT2D eigenvalue weighted by Crippen LogP contribution is 2.26. The number of carbonyl (C=O) groups excluding carboxylic acids is 2. The van der Waals surface area contributed by atoms with Gasteiger partial charge in [0, 0.05) is 50.7 Å². The van der Waals surface area contributed by atoms with E-state index in [1.165, 1.54) is 37.8 Å². The molecule has 0 unspecified atom stereocenters. The van der Waals surface area contributed by atoms with Crippen LogP contribution in [0.15, 0.2) is 24.3 Å². The number of hydrogen-bond acceptors (Lipinski definition) is 3. The van der Waals surface area contributed by atoms with E-state index in [2.05, 4.69) is 41.5 Å². The Morgan fingerprint density at radius 3 is 2.31 bits per heavy atom. The van der Waals surface area contributed by atoms with Gasteiger partial charge in [0.15, 0.2) is 0 Å². The van der Waals surface area contributed by atoms with Crippen molar-refractivity contribution in [3.05, 3.63) is 29.8 Å². The first kappa shape index (κ1) is 21.7. The van der Waals surface area contributed by atoms with Gasteiger partial charge in [0.1, 0.15) is 0 Å². The fraction of sp³-hybridized carbons (Fsp3) is 0.667. The van der Waals surface area contributed by atoms with Gasteiger partial charge in [0.2, 0.25) is 11.8 Å². The lowest BCUT2D eigenvalue weighted by Crippen LogP contribution is -2.42. The van der Waals surface area contributed by atoms with Gasteiger partial charge in [-0.3, -0.25) is 9.59 Å². The minimum Gasteiger partial charge on any atom is -0.372 e. The van der Waals surface area contributed by atoms with Gasteiger partial charge in [-0.25, -0.2) is 0 Å². The number of nitrogens with one attached hydrogen (secondary N) is 1. The molecule has 0 aromatic heterocycles. The van der Waals surface area contributed by atoms with Crippen LogP contribution in [0.2, 0.25) is 0 Å². The maximum atomic E-state index is 12.5. The lowest BCUT2D eigenvalue weighted by atomic mass is 9.94. The molecule has 0 bridgehead atoms. The van der Waals surface area contributed by atoms with Crippen molar-refractivity contribution >= 4 is 17.5 Å². The van der Waals surface area contributed by atoms with Crippen molar-refractivity contribution in [2.45, 2.75) is 77.3 Å². The maximum Gasteiger partial charge on any atom is 0.223 e. The molecule has 1 aromatic rings. The second kappa shape index (κ2) is 10.7. The zero-order chi connectivity index (χ0) is 20.6. The molecule has 1 aliphatic heterocycles. The number of anilines is 1. The summed E-state index contributed by atoms with van der Waals surface area (Å²) >= 11 is 0. The van der Waals surface area contributed by atoms with Crippen molar-refractivity contribution < 1.29 is 9.59 Å². The highest BCUT2D eigenvalue weighted by atomic mass is 16.2. The molecule has 0 radical (unpaired) electrons. The van der Waals surface area contributed by atoms with Crippen molar-refractivity contribution in [1.29, 1.82) is 0 Å². The summed E-state index contributed by atoms with van der Waals surface area (Å²) in [6.07, 6.45) is 9.66. The number of likely N-dealkylation sites (tertiary alicyclic amines) is 1. The molecule has 0 atom stereocenters. The van der Waals surface area contributed by atoms with Gasteiger partial charge < -0.3 is 15.1 Å². The van der Waals surface area contributed by atoms with Crippen LogP contribution < -0.4 is 10.2 Å². The summed E-state index contributed by atoms with van der Waals surface area (Å²) in [6.45, 7) is 4.01. The molecule has 29 heavy (non-hydrogen) atoms. The molecule has 5 heteroatoms. The summed E-state index contributed by atoms with van der Waals surface area (Å²) in [5, 5.41) is 3.09. The molecule has 1 aliphatic carbocycles. The quantitative estimate of drug-likeness (QED) is 0.751. The van der Waals surface area contributed by atoms with Crippen LogP contribution in [0.3, 0.4) is 0 Å². The third-order valence-electron chi connectivity index (χ3n) is 6.62. The monoisotopic (exact) mass is 399 g/mol. The molecule has 160 valence electrons. The molecule has 3 rings (SSSR count). The third-order valence-corrected chi connectivity index (χ3v) is 6.62. The van der Waals surface area contributed by atoms with E-state index in [0.717, 1.165) is 24.8 Å². The van der Waals surface area contributed by atoms with Crippen molar-refractivity contribution in [1.82, 2.24) is 10.2 Å². The summed E-state index contributed by atoms with van der Waals surface area (Å²) in [7, 11) is 2.20. The lowest BCUT2D eigenvalue weighted by molar-refractivity contribution is -0.135. The summed E-state index contributed by atoms with van der Waals surface area (Å²) in [5.41, 5.74) is 2.39. The fourth-order valence-corrected chi connectivity index (χ4v) is 4.62. The van der Waals surface area contributed by atoms with Gasteiger partial charge in [-0.15, -0.1) is 0 Å². The number of carbonyl (C=O) groups is 2. The molecule has 1 aromatic carbocycles. The Balaban J connectivity index is 1.43. The van der Waals surface area contributed by atoms with Gasteiger partial charge >= 0.3 is 0 Å². The molecular formula is C24H37N3O2. The van der Waals surface area contributed by atoms with Crippen LogP contribution in [-0.4, -0.2) is 42.9 Å². The van der Waals surface area contributed by atoms with Crippen LogP contribution in [0, 0.1) is 5.92 Å². The van der Waals surface area contributed by atoms with Gasteiger partial charge in [0.05, 0.1) is 0 Å². The Morgan fingerprint density at radius 1 is 1.03 bits per heavy atom. The Morgan fingerprint density at radius 2 is 1.69 bits per heavy atom. The smallest absolute Gasteiger partial charge is 0.223 e. The summed E-state index contributed by atoms with van der Waals surface area (Å²) < 4.78 is 0. The first-order valence-electron chi connectivity index (χ1n) is 11.5. The average molecular weight is 400 g/mol. The van der Waals surface area contributed by atoms with Crippen LogP contribution >= 0.6 is 0 Å². The Hall–Kier alpha value is -2.04. The number of hydrogen-bond donors (Lipinski definition) is 1. The molecule has 0 spiro atoms. The molecule has 1 N–H and O–H groups in total. The number of benzene rings is 1. The molecular weight excluding hydrogens is 362 g/mol. The number of rotatable bonds is 7. The molecule has 1 heterocycles. The van der Waals surface area contributed by atoms with Crippen LogP contribution in [0.25, 0.3) is 0 Å². The van der Waals surface area contributed by atoms with Crippen molar-refractivity contribution in [3.8, 4) is 0 Å². The minimum atomic E-state index is 0.0254.